The second-order valence-corrected chi connectivity index (χ2v) is 3.62. The molecular formula is C11H21N3O2. The number of rotatable bonds is 9. The molecule has 1 aromatic heterocycles. The Bertz CT molecular complexity index is 276. The van der Waals surface area contributed by atoms with E-state index in [0.717, 1.165) is 45.0 Å². The molecule has 16 heavy (non-hydrogen) atoms. The zero-order chi connectivity index (χ0) is 11.6. The van der Waals surface area contributed by atoms with Gasteiger partial charge in [0.05, 0.1) is 12.3 Å². The van der Waals surface area contributed by atoms with Crippen LogP contribution < -0.4 is 5.32 Å². The van der Waals surface area contributed by atoms with Gasteiger partial charge in [-0.2, -0.15) is 5.10 Å². The van der Waals surface area contributed by atoms with Crippen molar-refractivity contribution < 1.29 is 9.47 Å². The normalized spacial score (nSPS) is 10.9. The highest BCUT2D eigenvalue weighted by Crippen LogP contribution is 1.92. The molecule has 0 aliphatic heterocycles. The Labute approximate surface area is 96.7 Å². The molecule has 5 nitrogen and oxygen atoms in total. The average molecular weight is 227 g/mol. The van der Waals surface area contributed by atoms with Crippen LogP contribution in [-0.2, 0) is 23.1 Å². The Morgan fingerprint density at radius 1 is 1.38 bits per heavy atom. The third-order valence-electron chi connectivity index (χ3n) is 2.14. The summed E-state index contributed by atoms with van der Waals surface area (Å²) in [4.78, 5) is 0. The zero-order valence-electron chi connectivity index (χ0n) is 10.1. The topological polar surface area (TPSA) is 48.3 Å². The molecule has 5 heteroatoms. The van der Waals surface area contributed by atoms with Gasteiger partial charge in [0.1, 0.15) is 0 Å². The first kappa shape index (κ1) is 13.2. The Hall–Kier alpha value is -0.910. The quantitative estimate of drug-likeness (QED) is 0.626. The van der Waals surface area contributed by atoms with Gasteiger partial charge in [0.15, 0.2) is 0 Å². The standard InChI is InChI=1S/C11H21N3O2/c1-14-6-4-11(13-14)10-12-5-9-16-8-3-7-15-2/h4,6,12H,3,5,7-10H2,1-2H3. The minimum atomic E-state index is 0.733. The van der Waals surface area contributed by atoms with Crippen molar-refractivity contribution in [3.8, 4) is 0 Å². The first-order valence-electron chi connectivity index (χ1n) is 5.59. The van der Waals surface area contributed by atoms with Gasteiger partial charge in [-0.3, -0.25) is 4.68 Å². The summed E-state index contributed by atoms with van der Waals surface area (Å²) in [5.74, 6) is 0. The van der Waals surface area contributed by atoms with Crippen molar-refractivity contribution in [2.24, 2.45) is 7.05 Å². The van der Waals surface area contributed by atoms with Crippen LogP contribution in [0.4, 0.5) is 0 Å². The molecule has 1 aromatic rings. The molecule has 0 saturated carbocycles. The van der Waals surface area contributed by atoms with E-state index in [2.05, 4.69) is 10.4 Å². The summed E-state index contributed by atoms with van der Waals surface area (Å²) < 4.78 is 12.1. The predicted octanol–water partition coefficient (Wildman–Crippen LogP) is 0.563. The van der Waals surface area contributed by atoms with E-state index in [9.17, 15) is 0 Å². The van der Waals surface area contributed by atoms with E-state index in [1.54, 1.807) is 11.8 Å². The van der Waals surface area contributed by atoms with Gasteiger partial charge in [0, 0.05) is 46.7 Å². The van der Waals surface area contributed by atoms with Crippen LogP contribution in [-0.4, -0.2) is 43.3 Å². The number of aryl methyl sites for hydroxylation is 1. The van der Waals surface area contributed by atoms with Crippen LogP contribution in [0.1, 0.15) is 12.1 Å². The number of nitrogens with one attached hydrogen (secondary N) is 1. The average Bonchev–Trinajstić information content (AvgIpc) is 2.68. The molecular weight excluding hydrogens is 206 g/mol. The number of ether oxygens (including phenoxy) is 2. The predicted molar refractivity (Wildman–Crippen MR) is 62.2 cm³/mol. The summed E-state index contributed by atoms with van der Waals surface area (Å²) in [6.45, 7) is 3.91. The minimum absolute atomic E-state index is 0.733. The van der Waals surface area contributed by atoms with Crippen molar-refractivity contribution in [1.29, 1.82) is 0 Å². The van der Waals surface area contributed by atoms with Gasteiger partial charge in [0.2, 0.25) is 0 Å². The molecule has 0 fully saturated rings. The highest BCUT2D eigenvalue weighted by atomic mass is 16.5. The van der Waals surface area contributed by atoms with Gasteiger partial charge in [-0.05, 0) is 12.5 Å². The zero-order valence-corrected chi connectivity index (χ0v) is 10.1. The largest absolute Gasteiger partial charge is 0.385 e. The molecule has 0 amide bonds. The Kier molecular flexibility index (Phi) is 6.80. The van der Waals surface area contributed by atoms with Gasteiger partial charge in [-0.1, -0.05) is 0 Å². The molecule has 0 atom stereocenters. The van der Waals surface area contributed by atoms with E-state index < -0.39 is 0 Å². The third kappa shape index (κ3) is 5.85. The molecule has 0 bridgehead atoms. The highest BCUT2D eigenvalue weighted by Gasteiger charge is 1.95. The first-order valence-corrected chi connectivity index (χ1v) is 5.59. The van der Waals surface area contributed by atoms with E-state index in [-0.39, 0.29) is 0 Å². The van der Waals surface area contributed by atoms with Crippen molar-refractivity contribution in [1.82, 2.24) is 15.1 Å². The third-order valence-corrected chi connectivity index (χ3v) is 2.14. The second-order valence-electron chi connectivity index (χ2n) is 3.62. The van der Waals surface area contributed by atoms with Gasteiger partial charge in [-0.25, -0.2) is 0 Å². The van der Waals surface area contributed by atoms with Crippen molar-refractivity contribution in [2.75, 3.05) is 33.5 Å². The molecule has 0 radical (unpaired) electrons. The molecule has 0 unspecified atom stereocenters. The van der Waals surface area contributed by atoms with Crippen LogP contribution in [0.25, 0.3) is 0 Å². The summed E-state index contributed by atoms with van der Waals surface area (Å²) in [6.07, 6.45) is 2.90. The van der Waals surface area contributed by atoms with Gasteiger partial charge in [0.25, 0.3) is 0 Å². The van der Waals surface area contributed by atoms with Crippen LogP contribution in [0.3, 0.4) is 0 Å². The molecule has 1 heterocycles. The fourth-order valence-electron chi connectivity index (χ4n) is 1.33. The van der Waals surface area contributed by atoms with E-state index >= 15 is 0 Å². The SMILES string of the molecule is COCCCOCCNCc1ccn(C)n1. The Morgan fingerprint density at radius 3 is 2.94 bits per heavy atom. The Morgan fingerprint density at radius 2 is 2.25 bits per heavy atom. The van der Waals surface area contributed by atoms with E-state index in [1.807, 2.05) is 19.3 Å². The summed E-state index contributed by atoms with van der Waals surface area (Å²) in [5.41, 5.74) is 1.06. The van der Waals surface area contributed by atoms with Crippen LogP contribution in [0.2, 0.25) is 0 Å². The molecule has 0 aliphatic carbocycles. The van der Waals surface area contributed by atoms with E-state index in [1.165, 1.54) is 0 Å². The maximum absolute atomic E-state index is 5.41. The summed E-state index contributed by atoms with van der Waals surface area (Å²) >= 11 is 0. The first-order chi connectivity index (χ1) is 7.83. The second kappa shape index (κ2) is 8.27. The maximum Gasteiger partial charge on any atom is 0.0762 e. The number of nitrogens with zero attached hydrogens (tertiary/aromatic N) is 2. The molecule has 0 aromatic carbocycles. The minimum Gasteiger partial charge on any atom is -0.385 e. The monoisotopic (exact) mass is 227 g/mol. The van der Waals surface area contributed by atoms with Crippen LogP contribution >= 0.6 is 0 Å². The lowest BCUT2D eigenvalue weighted by Gasteiger charge is -2.04. The molecule has 0 spiro atoms. The van der Waals surface area contributed by atoms with Crippen molar-refractivity contribution in [3.63, 3.8) is 0 Å². The highest BCUT2D eigenvalue weighted by molar-refractivity contribution is 4.97. The number of hydrogen-bond donors (Lipinski definition) is 1. The smallest absolute Gasteiger partial charge is 0.0762 e. The lowest BCUT2D eigenvalue weighted by atomic mass is 10.4. The number of aromatic nitrogens is 2. The van der Waals surface area contributed by atoms with E-state index in [0.29, 0.717) is 0 Å². The van der Waals surface area contributed by atoms with Gasteiger partial charge < -0.3 is 14.8 Å². The molecule has 0 aliphatic rings. The fourth-order valence-corrected chi connectivity index (χ4v) is 1.33. The lowest BCUT2D eigenvalue weighted by Crippen LogP contribution is -2.20. The molecule has 1 rings (SSSR count). The van der Waals surface area contributed by atoms with Crippen molar-refractivity contribution in [3.05, 3.63) is 18.0 Å². The number of hydrogen-bond acceptors (Lipinski definition) is 4. The van der Waals surface area contributed by atoms with Crippen LogP contribution in [0.15, 0.2) is 12.3 Å². The lowest BCUT2D eigenvalue weighted by molar-refractivity contribution is 0.104. The fraction of sp³-hybridized carbons (Fsp3) is 0.727. The van der Waals surface area contributed by atoms with Gasteiger partial charge >= 0.3 is 0 Å². The summed E-state index contributed by atoms with van der Waals surface area (Å²) in [6, 6.07) is 2.01. The summed E-state index contributed by atoms with van der Waals surface area (Å²) in [7, 11) is 3.62. The van der Waals surface area contributed by atoms with Crippen molar-refractivity contribution >= 4 is 0 Å². The maximum atomic E-state index is 5.41. The molecule has 1 N–H and O–H groups in total. The summed E-state index contributed by atoms with van der Waals surface area (Å²) in [5, 5.41) is 7.54. The molecule has 0 saturated heterocycles. The van der Waals surface area contributed by atoms with Gasteiger partial charge in [-0.15, -0.1) is 0 Å². The molecule has 92 valence electrons. The van der Waals surface area contributed by atoms with Crippen LogP contribution in [0.5, 0.6) is 0 Å². The number of methoxy groups -OCH3 is 1. The van der Waals surface area contributed by atoms with E-state index in [4.69, 9.17) is 9.47 Å². The van der Waals surface area contributed by atoms with Crippen molar-refractivity contribution in [2.45, 2.75) is 13.0 Å². The van der Waals surface area contributed by atoms with Crippen LogP contribution in [0, 0.1) is 0 Å². The Balaban J connectivity index is 1.88.